The van der Waals surface area contributed by atoms with Crippen molar-refractivity contribution >= 4 is 17.5 Å². The molecule has 0 spiro atoms. The lowest BCUT2D eigenvalue weighted by atomic mass is 10.1. The molecule has 0 saturated heterocycles. The summed E-state index contributed by atoms with van der Waals surface area (Å²) in [6.07, 6.45) is 0.135. The molecular formula is C15H21N3O3. The zero-order valence-corrected chi connectivity index (χ0v) is 12.4. The van der Waals surface area contributed by atoms with E-state index in [9.17, 15) is 9.59 Å². The monoisotopic (exact) mass is 291 g/mol. The maximum atomic E-state index is 11.9. The first-order valence-corrected chi connectivity index (χ1v) is 7.04. The molecule has 0 saturated carbocycles. The van der Waals surface area contributed by atoms with Crippen molar-refractivity contribution in [3.05, 3.63) is 24.3 Å². The van der Waals surface area contributed by atoms with Crippen LogP contribution in [0, 0.1) is 0 Å². The predicted molar refractivity (Wildman–Crippen MR) is 80.3 cm³/mol. The fourth-order valence-corrected chi connectivity index (χ4v) is 2.09. The average molecular weight is 291 g/mol. The van der Waals surface area contributed by atoms with E-state index in [1.165, 1.54) is 0 Å². The van der Waals surface area contributed by atoms with Gasteiger partial charge in [-0.05, 0) is 39.2 Å². The Hall–Kier alpha value is -2.08. The third-order valence-corrected chi connectivity index (χ3v) is 3.18. The summed E-state index contributed by atoms with van der Waals surface area (Å²) in [5.74, 6) is 0.146. The van der Waals surface area contributed by atoms with Gasteiger partial charge in [0.15, 0.2) is 6.10 Å². The van der Waals surface area contributed by atoms with E-state index in [1.807, 2.05) is 26.2 Å². The van der Waals surface area contributed by atoms with E-state index >= 15 is 0 Å². The van der Waals surface area contributed by atoms with Crippen LogP contribution >= 0.6 is 0 Å². The number of fused-ring (bicyclic) bond motifs is 1. The number of amides is 2. The highest BCUT2D eigenvalue weighted by Gasteiger charge is 2.29. The van der Waals surface area contributed by atoms with Crippen LogP contribution < -0.4 is 15.4 Å². The van der Waals surface area contributed by atoms with Crippen LogP contribution in [0.5, 0.6) is 5.75 Å². The first-order valence-electron chi connectivity index (χ1n) is 7.04. The SMILES string of the molecule is CN(C)CCCNC(=O)CC1Oc2ccccc2NC1=O. The van der Waals surface area contributed by atoms with Crippen LogP contribution in [0.1, 0.15) is 12.8 Å². The van der Waals surface area contributed by atoms with E-state index in [0.717, 1.165) is 13.0 Å². The largest absolute Gasteiger partial charge is 0.478 e. The van der Waals surface area contributed by atoms with Crippen molar-refractivity contribution in [3.8, 4) is 5.75 Å². The van der Waals surface area contributed by atoms with E-state index in [-0.39, 0.29) is 18.2 Å². The molecule has 1 unspecified atom stereocenters. The van der Waals surface area contributed by atoms with Gasteiger partial charge in [-0.15, -0.1) is 0 Å². The summed E-state index contributed by atoms with van der Waals surface area (Å²) in [4.78, 5) is 25.8. The van der Waals surface area contributed by atoms with Crippen molar-refractivity contribution in [1.29, 1.82) is 0 Å². The average Bonchev–Trinajstić information content (AvgIpc) is 2.44. The fraction of sp³-hybridized carbons (Fsp3) is 0.467. The number of carbonyl (C=O) groups is 2. The number of nitrogens with zero attached hydrogens (tertiary/aromatic N) is 1. The highest BCUT2D eigenvalue weighted by atomic mass is 16.5. The Bertz CT molecular complexity index is 517. The molecule has 6 heteroatoms. The van der Waals surface area contributed by atoms with E-state index in [2.05, 4.69) is 15.5 Å². The van der Waals surface area contributed by atoms with E-state index in [0.29, 0.717) is 18.0 Å². The molecule has 0 aliphatic carbocycles. The maximum absolute atomic E-state index is 11.9. The molecule has 6 nitrogen and oxygen atoms in total. The number of benzene rings is 1. The lowest BCUT2D eigenvalue weighted by Crippen LogP contribution is -2.41. The van der Waals surface area contributed by atoms with Gasteiger partial charge in [0.25, 0.3) is 5.91 Å². The molecule has 2 N–H and O–H groups in total. The second-order valence-electron chi connectivity index (χ2n) is 5.30. The van der Waals surface area contributed by atoms with Gasteiger partial charge in [-0.1, -0.05) is 12.1 Å². The standard InChI is InChI=1S/C15H21N3O3/c1-18(2)9-5-8-16-14(19)10-13-15(20)17-11-6-3-4-7-12(11)21-13/h3-4,6-7,13H,5,8-10H2,1-2H3,(H,16,19)(H,17,20). The molecule has 1 aliphatic heterocycles. The van der Waals surface area contributed by atoms with Crippen LogP contribution in [0.2, 0.25) is 0 Å². The number of carbonyl (C=O) groups excluding carboxylic acids is 2. The fourth-order valence-electron chi connectivity index (χ4n) is 2.09. The Morgan fingerprint density at radius 3 is 2.90 bits per heavy atom. The van der Waals surface area contributed by atoms with Crippen molar-refractivity contribution in [2.45, 2.75) is 18.9 Å². The number of hydrogen-bond donors (Lipinski definition) is 2. The molecule has 1 atom stereocenters. The van der Waals surface area contributed by atoms with Crippen molar-refractivity contribution in [1.82, 2.24) is 10.2 Å². The lowest BCUT2D eigenvalue weighted by molar-refractivity contribution is -0.130. The molecule has 114 valence electrons. The zero-order chi connectivity index (χ0) is 15.2. The maximum Gasteiger partial charge on any atom is 0.266 e. The van der Waals surface area contributed by atoms with Gasteiger partial charge < -0.3 is 20.3 Å². The van der Waals surface area contributed by atoms with Crippen molar-refractivity contribution in [3.63, 3.8) is 0 Å². The molecule has 0 radical (unpaired) electrons. The third kappa shape index (κ3) is 4.46. The highest BCUT2D eigenvalue weighted by Crippen LogP contribution is 2.29. The molecule has 2 amide bonds. The normalized spacial score (nSPS) is 16.9. The Morgan fingerprint density at radius 1 is 1.38 bits per heavy atom. The van der Waals surface area contributed by atoms with Gasteiger partial charge in [0, 0.05) is 6.54 Å². The first kappa shape index (κ1) is 15.3. The van der Waals surface area contributed by atoms with Crippen LogP contribution in [0.25, 0.3) is 0 Å². The topological polar surface area (TPSA) is 70.7 Å². The summed E-state index contributed by atoms with van der Waals surface area (Å²) in [7, 11) is 3.97. The van der Waals surface area contributed by atoms with Crippen molar-refractivity contribution in [2.24, 2.45) is 0 Å². The minimum Gasteiger partial charge on any atom is -0.478 e. The van der Waals surface area contributed by atoms with E-state index in [4.69, 9.17) is 4.74 Å². The van der Waals surface area contributed by atoms with Crippen LogP contribution in [-0.2, 0) is 9.59 Å². The van der Waals surface area contributed by atoms with Gasteiger partial charge in [-0.2, -0.15) is 0 Å². The number of ether oxygens (including phenoxy) is 1. The molecule has 1 aliphatic rings. The smallest absolute Gasteiger partial charge is 0.266 e. The van der Waals surface area contributed by atoms with Gasteiger partial charge in [0.1, 0.15) is 5.75 Å². The van der Waals surface area contributed by atoms with Crippen LogP contribution in [0.15, 0.2) is 24.3 Å². The zero-order valence-electron chi connectivity index (χ0n) is 12.4. The quantitative estimate of drug-likeness (QED) is 0.762. The van der Waals surface area contributed by atoms with Gasteiger partial charge in [0.2, 0.25) is 5.91 Å². The molecular weight excluding hydrogens is 270 g/mol. The molecule has 21 heavy (non-hydrogen) atoms. The summed E-state index contributed by atoms with van der Waals surface area (Å²) in [5, 5.41) is 5.55. The minimum atomic E-state index is -0.770. The van der Waals surface area contributed by atoms with Gasteiger partial charge in [-0.25, -0.2) is 0 Å². The van der Waals surface area contributed by atoms with Crippen molar-refractivity contribution in [2.75, 3.05) is 32.5 Å². The van der Waals surface area contributed by atoms with E-state index in [1.54, 1.807) is 12.1 Å². The molecule has 2 rings (SSSR count). The molecule has 1 aromatic rings. The molecule has 1 aromatic carbocycles. The highest BCUT2D eigenvalue weighted by molar-refractivity contribution is 5.99. The Balaban J connectivity index is 1.80. The first-order chi connectivity index (χ1) is 10.1. The second kappa shape index (κ2) is 7.08. The van der Waals surface area contributed by atoms with Crippen molar-refractivity contribution < 1.29 is 14.3 Å². The Morgan fingerprint density at radius 2 is 2.14 bits per heavy atom. The van der Waals surface area contributed by atoms with E-state index < -0.39 is 6.10 Å². The summed E-state index contributed by atoms with van der Waals surface area (Å²) >= 11 is 0. The summed E-state index contributed by atoms with van der Waals surface area (Å²) < 4.78 is 5.58. The van der Waals surface area contributed by atoms with Gasteiger partial charge in [-0.3, -0.25) is 9.59 Å². The molecule has 0 fully saturated rings. The lowest BCUT2D eigenvalue weighted by Gasteiger charge is -2.25. The number of hydrogen-bond acceptors (Lipinski definition) is 4. The van der Waals surface area contributed by atoms with Crippen LogP contribution in [-0.4, -0.2) is 50.0 Å². The number of anilines is 1. The Labute approximate surface area is 124 Å². The summed E-state index contributed by atoms with van der Waals surface area (Å²) in [6.45, 7) is 1.51. The number of para-hydroxylation sites is 2. The second-order valence-corrected chi connectivity index (χ2v) is 5.30. The molecule has 0 bridgehead atoms. The molecule has 1 heterocycles. The van der Waals surface area contributed by atoms with Crippen LogP contribution in [0.3, 0.4) is 0 Å². The number of nitrogens with one attached hydrogen (secondary N) is 2. The Kier molecular flexibility index (Phi) is 5.16. The molecule has 0 aromatic heterocycles. The summed E-state index contributed by atoms with van der Waals surface area (Å²) in [5.41, 5.74) is 0.644. The predicted octanol–water partition coefficient (Wildman–Crippen LogP) is 0.844. The minimum absolute atomic E-state index is 0.0299. The third-order valence-electron chi connectivity index (χ3n) is 3.18. The van der Waals surface area contributed by atoms with Gasteiger partial charge in [0.05, 0.1) is 12.1 Å². The van der Waals surface area contributed by atoms with Crippen LogP contribution in [0.4, 0.5) is 5.69 Å². The van der Waals surface area contributed by atoms with Gasteiger partial charge >= 0.3 is 0 Å². The number of rotatable bonds is 6. The summed E-state index contributed by atoms with van der Waals surface area (Å²) in [6, 6.07) is 7.19.